The highest BCUT2D eigenvalue weighted by Crippen LogP contribution is 2.56. The summed E-state index contributed by atoms with van der Waals surface area (Å²) in [5, 5.41) is 39.6. The summed E-state index contributed by atoms with van der Waals surface area (Å²) in [7, 11) is 0. The largest absolute Gasteiger partial charge is 0.270 e. The highest BCUT2D eigenvalue weighted by Gasteiger charge is 2.40. The molecule has 0 heterocycles. The Balaban J connectivity index is 1.97. The van der Waals surface area contributed by atoms with Gasteiger partial charge in [0.1, 0.15) is 11.9 Å². The molecule has 11 heteroatoms. The summed E-state index contributed by atoms with van der Waals surface area (Å²) in [6.07, 6.45) is -3.11. The van der Waals surface area contributed by atoms with Crippen LogP contribution in [0.25, 0.3) is 52.9 Å². The second-order valence-electron chi connectivity index (χ2n) is 9.95. The third-order valence-corrected chi connectivity index (χ3v) is 7.73. The monoisotopic (exact) mass is 612 g/mol. The molecule has 0 spiro atoms. The number of nitrogens with zero attached hydrogens (tertiary/aromatic N) is 8. The van der Waals surface area contributed by atoms with E-state index < -0.39 is 34.8 Å². The van der Waals surface area contributed by atoms with Gasteiger partial charge < -0.3 is 0 Å². The molecule has 216 valence electrons. The number of alkyl halides is 2. The van der Waals surface area contributed by atoms with Gasteiger partial charge in [-0.2, -0.15) is 10.5 Å². The van der Waals surface area contributed by atoms with Crippen LogP contribution in [-0.4, -0.2) is 0 Å². The van der Waals surface area contributed by atoms with Gasteiger partial charge in [-0.3, -0.25) is 0 Å². The van der Waals surface area contributed by atoms with Gasteiger partial charge in [0.05, 0.1) is 55.6 Å². The van der Waals surface area contributed by atoms with Crippen molar-refractivity contribution in [2.75, 3.05) is 0 Å². The Labute approximate surface area is 266 Å². The quantitative estimate of drug-likeness (QED) is 0.217. The van der Waals surface area contributed by atoms with Gasteiger partial charge in [0.25, 0.3) is 17.8 Å². The van der Waals surface area contributed by atoms with Crippen LogP contribution in [0.4, 0.5) is 18.9 Å². The molecule has 5 rings (SSSR count). The molecular formula is C36H11F3N8. The zero-order chi connectivity index (χ0) is 34.2. The number of hydrogen-bond acceptors (Lipinski definition) is 4. The van der Waals surface area contributed by atoms with E-state index in [9.17, 15) is 29.8 Å². The molecule has 2 aliphatic carbocycles. The summed E-state index contributed by atoms with van der Waals surface area (Å²) in [5.74, 6) is -1.15. The predicted molar refractivity (Wildman–Crippen MR) is 164 cm³/mol. The fourth-order valence-corrected chi connectivity index (χ4v) is 5.72. The van der Waals surface area contributed by atoms with Gasteiger partial charge >= 0.3 is 0 Å². The Kier molecular flexibility index (Phi) is 7.72. The van der Waals surface area contributed by atoms with Gasteiger partial charge in [-0.15, -0.1) is 0 Å². The Morgan fingerprint density at radius 1 is 0.745 bits per heavy atom. The Bertz CT molecular complexity index is 2460. The molecule has 0 unspecified atom stereocenters. The van der Waals surface area contributed by atoms with Crippen LogP contribution in [0.3, 0.4) is 0 Å². The standard InChI is InChI=1S/C36H11F3N8/c1-17-6-7-19(11-25(17)44-2)29-30(26(15-42)45-3)23-12-22-24(14-41)28(18-8-9-20(13-40)21(10-18)36(38)39)33(27(16-43)46-4)31(22)34(37)32(23)35(29)47-5/h6-12,36H,1H3/b30-26-,33-27-. The van der Waals surface area contributed by atoms with Crippen molar-refractivity contribution in [3.8, 4) is 24.3 Å². The number of benzene rings is 3. The van der Waals surface area contributed by atoms with Crippen molar-refractivity contribution in [2.24, 2.45) is 0 Å². The normalized spacial score (nSPS) is 14.7. The molecule has 0 aliphatic heterocycles. The zero-order valence-corrected chi connectivity index (χ0v) is 23.8. The number of halogens is 3. The lowest BCUT2D eigenvalue weighted by Gasteiger charge is -2.14. The van der Waals surface area contributed by atoms with E-state index in [0.717, 1.165) is 12.1 Å². The topological polar surface area (TPSA) is 113 Å². The number of nitriles is 4. The summed E-state index contributed by atoms with van der Waals surface area (Å²) < 4.78 is 45.0. The van der Waals surface area contributed by atoms with Gasteiger partial charge in [0, 0.05) is 27.8 Å². The molecule has 0 fully saturated rings. The highest BCUT2D eigenvalue weighted by atomic mass is 19.3. The number of fused-ring (bicyclic) bond motifs is 2. The molecule has 0 saturated heterocycles. The molecule has 0 bridgehead atoms. The van der Waals surface area contributed by atoms with E-state index in [-0.39, 0.29) is 72.6 Å². The summed E-state index contributed by atoms with van der Waals surface area (Å²) in [6.45, 7) is 32.6. The summed E-state index contributed by atoms with van der Waals surface area (Å²) >= 11 is 0. The molecule has 2 aliphatic rings. The van der Waals surface area contributed by atoms with E-state index in [0.29, 0.717) is 5.56 Å². The molecule has 0 amide bonds. The maximum absolute atomic E-state index is 17.1. The van der Waals surface area contributed by atoms with E-state index in [4.69, 9.17) is 26.3 Å². The molecule has 3 aromatic rings. The molecule has 0 aromatic heterocycles. The van der Waals surface area contributed by atoms with Crippen LogP contribution < -0.4 is 0 Å². The Morgan fingerprint density at radius 3 is 1.94 bits per heavy atom. The van der Waals surface area contributed by atoms with Gasteiger partial charge in [0.2, 0.25) is 5.70 Å². The maximum Gasteiger partial charge on any atom is 0.270 e. The van der Waals surface area contributed by atoms with E-state index in [1.54, 1.807) is 37.3 Å². The SMILES string of the molecule is [C-]#[N+]C1=C(c2ccc(C)c([N+]#[C-])c2)/C(=C(/C#N)[N+]#[C-])c2cc3c(c(F)c21)/C(=C(/C#N)[N+]#[C-])C(c1ccc(C#N)c(C(F)F)c1)=C3C#N. The zero-order valence-electron chi connectivity index (χ0n) is 23.8. The minimum absolute atomic E-state index is 0.00242. The van der Waals surface area contributed by atoms with Crippen molar-refractivity contribution in [1.29, 1.82) is 21.0 Å². The molecular weight excluding hydrogens is 601 g/mol. The summed E-state index contributed by atoms with van der Waals surface area (Å²) in [5.41, 5.74) is -3.61. The number of allylic oxidation sites excluding steroid dienone is 7. The van der Waals surface area contributed by atoms with Gasteiger partial charge in [-0.1, -0.05) is 18.2 Å². The van der Waals surface area contributed by atoms with E-state index in [1.165, 1.54) is 18.2 Å². The minimum Gasteiger partial charge on any atom is -0.238 e. The molecule has 8 nitrogen and oxygen atoms in total. The maximum atomic E-state index is 17.1. The fourth-order valence-electron chi connectivity index (χ4n) is 5.72. The van der Waals surface area contributed by atoms with Crippen molar-refractivity contribution in [3.05, 3.63) is 155 Å². The fraction of sp³-hybridized carbons (Fsp3) is 0.0556. The summed E-state index contributed by atoms with van der Waals surface area (Å²) in [4.78, 5) is 13.6. The first-order valence-corrected chi connectivity index (χ1v) is 13.2. The molecule has 0 saturated carbocycles. The third-order valence-electron chi connectivity index (χ3n) is 7.73. The van der Waals surface area contributed by atoms with Crippen LogP contribution in [-0.2, 0) is 0 Å². The second kappa shape index (κ2) is 11.8. The van der Waals surface area contributed by atoms with Crippen molar-refractivity contribution < 1.29 is 13.2 Å². The van der Waals surface area contributed by atoms with Crippen LogP contribution >= 0.6 is 0 Å². The van der Waals surface area contributed by atoms with Crippen molar-refractivity contribution >= 4 is 39.2 Å². The Hall–Kier alpha value is -7.67. The van der Waals surface area contributed by atoms with Crippen LogP contribution in [0, 0.1) is 84.4 Å². The lowest BCUT2D eigenvalue weighted by atomic mass is 9.90. The average molecular weight is 613 g/mol. The second-order valence-corrected chi connectivity index (χ2v) is 9.95. The summed E-state index contributed by atoms with van der Waals surface area (Å²) in [6, 6.07) is 16.2. The molecule has 3 aromatic carbocycles. The first kappa shape index (κ1) is 30.8. The van der Waals surface area contributed by atoms with Crippen molar-refractivity contribution in [2.45, 2.75) is 13.3 Å². The predicted octanol–water partition coefficient (Wildman–Crippen LogP) is 9.05. The lowest BCUT2D eigenvalue weighted by molar-refractivity contribution is 0.151. The highest BCUT2D eigenvalue weighted by molar-refractivity contribution is 6.29. The first-order valence-electron chi connectivity index (χ1n) is 13.2. The lowest BCUT2D eigenvalue weighted by Crippen LogP contribution is -2.00. The van der Waals surface area contributed by atoms with E-state index in [2.05, 4.69) is 19.4 Å². The van der Waals surface area contributed by atoms with E-state index >= 15 is 4.39 Å². The van der Waals surface area contributed by atoms with Gasteiger partial charge in [-0.05, 0) is 70.2 Å². The van der Waals surface area contributed by atoms with Gasteiger partial charge in [-0.25, -0.2) is 43.1 Å². The number of rotatable bonds is 3. The molecule has 47 heavy (non-hydrogen) atoms. The molecule has 0 atom stereocenters. The van der Waals surface area contributed by atoms with Gasteiger partial charge in [0.15, 0.2) is 5.69 Å². The molecule has 0 radical (unpaired) electrons. The number of hydrogen-bond donors (Lipinski definition) is 0. The van der Waals surface area contributed by atoms with E-state index in [1.807, 2.05) is 6.07 Å². The molecule has 0 N–H and O–H groups in total. The third kappa shape index (κ3) is 4.47. The van der Waals surface area contributed by atoms with Crippen LogP contribution in [0.2, 0.25) is 0 Å². The first-order chi connectivity index (χ1) is 22.6. The minimum atomic E-state index is -3.11. The Morgan fingerprint density at radius 2 is 1.38 bits per heavy atom. The van der Waals surface area contributed by atoms with Crippen molar-refractivity contribution in [1.82, 2.24) is 0 Å². The smallest absolute Gasteiger partial charge is 0.238 e. The van der Waals surface area contributed by atoms with Crippen molar-refractivity contribution in [3.63, 3.8) is 0 Å². The van der Waals surface area contributed by atoms with Crippen LogP contribution in [0.5, 0.6) is 0 Å². The van der Waals surface area contributed by atoms with Crippen LogP contribution in [0.1, 0.15) is 56.5 Å². The average Bonchev–Trinajstić information content (AvgIpc) is 3.59. The van der Waals surface area contributed by atoms with Crippen LogP contribution in [0.15, 0.2) is 53.9 Å². The number of aryl methyl sites for hydroxylation is 1.